The standard InChI is InChI=1S/C11H16FNO/c1-8(13-2)6-9-4-5-10(12)11(7-9)14-3/h4-5,7-8,13H,6H2,1-3H3. The summed E-state index contributed by atoms with van der Waals surface area (Å²) < 4.78 is 18.0. The van der Waals surface area contributed by atoms with Crippen LogP contribution >= 0.6 is 0 Å². The van der Waals surface area contributed by atoms with Gasteiger partial charge in [0, 0.05) is 6.04 Å². The van der Waals surface area contributed by atoms with Crippen molar-refractivity contribution in [1.29, 1.82) is 0 Å². The first-order chi connectivity index (χ1) is 6.67. The molecule has 1 atom stereocenters. The van der Waals surface area contributed by atoms with E-state index in [-0.39, 0.29) is 5.82 Å². The maximum atomic E-state index is 13.0. The van der Waals surface area contributed by atoms with Crippen molar-refractivity contribution in [3.8, 4) is 5.75 Å². The average molecular weight is 197 g/mol. The van der Waals surface area contributed by atoms with E-state index in [1.165, 1.54) is 13.2 Å². The maximum absolute atomic E-state index is 13.0. The van der Waals surface area contributed by atoms with Crippen molar-refractivity contribution in [2.45, 2.75) is 19.4 Å². The molecule has 0 fully saturated rings. The van der Waals surface area contributed by atoms with E-state index >= 15 is 0 Å². The average Bonchev–Trinajstić information content (AvgIpc) is 2.20. The molecular weight excluding hydrogens is 181 g/mol. The predicted molar refractivity (Wildman–Crippen MR) is 55.2 cm³/mol. The zero-order valence-electron chi connectivity index (χ0n) is 8.80. The SMILES string of the molecule is CNC(C)Cc1ccc(F)c(OC)c1. The third kappa shape index (κ3) is 2.70. The van der Waals surface area contributed by atoms with Crippen LogP contribution in [0.1, 0.15) is 12.5 Å². The number of rotatable bonds is 4. The van der Waals surface area contributed by atoms with E-state index in [0.717, 1.165) is 12.0 Å². The first-order valence-electron chi connectivity index (χ1n) is 4.67. The molecule has 0 aliphatic carbocycles. The van der Waals surface area contributed by atoms with Gasteiger partial charge in [-0.1, -0.05) is 6.07 Å². The molecule has 0 bridgehead atoms. The fraction of sp³-hybridized carbons (Fsp3) is 0.455. The Balaban J connectivity index is 2.79. The fourth-order valence-corrected chi connectivity index (χ4v) is 1.29. The van der Waals surface area contributed by atoms with Gasteiger partial charge in [0.05, 0.1) is 7.11 Å². The minimum atomic E-state index is -0.312. The van der Waals surface area contributed by atoms with Crippen LogP contribution in [0.5, 0.6) is 5.75 Å². The Kier molecular flexibility index (Phi) is 3.89. The van der Waals surface area contributed by atoms with Gasteiger partial charge >= 0.3 is 0 Å². The summed E-state index contributed by atoms with van der Waals surface area (Å²) in [5.74, 6) is -0.000774. The second-order valence-electron chi connectivity index (χ2n) is 3.36. The van der Waals surface area contributed by atoms with Crippen LogP contribution in [0.15, 0.2) is 18.2 Å². The van der Waals surface area contributed by atoms with Gasteiger partial charge in [-0.2, -0.15) is 0 Å². The van der Waals surface area contributed by atoms with Crippen molar-refractivity contribution in [1.82, 2.24) is 5.32 Å². The molecule has 0 spiro atoms. The molecular formula is C11H16FNO. The number of methoxy groups -OCH3 is 1. The highest BCUT2D eigenvalue weighted by atomic mass is 19.1. The van der Waals surface area contributed by atoms with Crippen LogP contribution in [0.4, 0.5) is 4.39 Å². The molecule has 0 aliphatic rings. The number of hydrogen-bond donors (Lipinski definition) is 1. The topological polar surface area (TPSA) is 21.3 Å². The van der Waals surface area contributed by atoms with Gasteiger partial charge in [-0.25, -0.2) is 4.39 Å². The summed E-state index contributed by atoms with van der Waals surface area (Å²) in [4.78, 5) is 0. The largest absolute Gasteiger partial charge is 0.494 e. The van der Waals surface area contributed by atoms with Crippen molar-refractivity contribution < 1.29 is 9.13 Å². The molecule has 0 saturated heterocycles. The smallest absolute Gasteiger partial charge is 0.165 e. The lowest BCUT2D eigenvalue weighted by Crippen LogP contribution is -2.23. The molecule has 3 heteroatoms. The van der Waals surface area contributed by atoms with Gasteiger partial charge in [-0.3, -0.25) is 0 Å². The highest BCUT2D eigenvalue weighted by Crippen LogP contribution is 2.18. The molecule has 0 amide bonds. The Morgan fingerprint density at radius 2 is 2.21 bits per heavy atom. The summed E-state index contributed by atoms with van der Waals surface area (Å²) in [5, 5.41) is 3.13. The molecule has 0 aliphatic heterocycles. The minimum Gasteiger partial charge on any atom is -0.494 e. The Morgan fingerprint density at radius 1 is 1.50 bits per heavy atom. The monoisotopic (exact) mass is 197 g/mol. The predicted octanol–water partition coefficient (Wildman–Crippen LogP) is 1.98. The van der Waals surface area contributed by atoms with Gasteiger partial charge < -0.3 is 10.1 Å². The molecule has 1 unspecified atom stereocenters. The molecule has 1 aromatic rings. The van der Waals surface area contributed by atoms with Gasteiger partial charge in [-0.15, -0.1) is 0 Å². The Morgan fingerprint density at radius 3 is 2.79 bits per heavy atom. The van der Waals surface area contributed by atoms with Crippen molar-refractivity contribution in [2.24, 2.45) is 0 Å². The summed E-state index contributed by atoms with van der Waals surface area (Å²) in [6.45, 7) is 2.08. The second kappa shape index (κ2) is 4.96. The number of likely N-dealkylation sites (N-methyl/N-ethyl adjacent to an activating group) is 1. The second-order valence-corrected chi connectivity index (χ2v) is 3.36. The van der Waals surface area contributed by atoms with Gasteiger partial charge in [0.2, 0.25) is 0 Å². The summed E-state index contributed by atoms with van der Waals surface area (Å²) in [7, 11) is 3.38. The zero-order chi connectivity index (χ0) is 10.6. The van der Waals surface area contributed by atoms with Crippen molar-refractivity contribution in [3.63, 3.8) is 0 Å². The van der Waals surface area contributed by atoms with Crippen LogP contribution in [0.25, 0.3) is 0 Å². The molecule has 2 nitrogen and oxygen atoms in total. The van der Waals surface area contributed by atoms with Crippen LogP contribution in [0.2, 0.25) is 0 Å². The zero-order valence-corrected chi connectivity index (χ0v) is 8.80. The molecule has 14 heavy (non-hydrogen) atoms. The molecule has 0 saturated carbocycles. The van der Waals surface area contributed by atoms with Crippen LogP contribution in [-0.2, 0) is 6.42 Å². The van der Waals surface area contributed by atoms with Gasteiger partial charge in [0.25, 0.3) is 0 Å². The number of nitrogens with one attached hydrogen (secondary N) is 1. The first kappa shape index (κ1) is 11.0. The van der Waals surface area contributed by atoms with E-state index in [4.69, 9.17) is 4.74 Å². The fourth-order valence-electron chi connectivity index (χ4n) is 1.29. The lowest BCUT2D eigenvalue weighted by molar-refractivity contribution is 0.385. The normalized spacial score (nSPS) is 12.6. The molecule has 1 aromatic carbocycles. The quantitative estimate of drug-likeness (QED) is 0.797. The summed E-state index contributed by atoms with van der Waals surface area (Å²) >= 11 is 0. The van der Waals surface area contributed by atoms with E-state index in [2.05, 4.69) is 12.2 Å². The van der Waals surface area contributed by atoms with Crippen LogP contribution in [0, 0.1) is 5.82 Å². The molecule has 1 N–H and O–H groups in total. The lowest BCUT2D eigenvalue weighted by Gasteiger charge is -2.11. The van der Waals surface area contributed by atoms with Crippen molar-refractivity contribution >= 4 is 0 Å². The summed E-state index contributed by atoms with van der Waals surface area (Å²) in [6, 6.07) is 5.34. The summed E-state index contributed by atoms with van der Waals surface area (Å²) in [6.07, 6.45) is 0.868. The van der Waals surface area contributed by atoms with Crippen molar-refractivity contribution in [2.75, 3.05) is 14.2 Å². The molecule has 0 aromatic heterocycles. The molecule has 78 valence electrons. The third-order valence-corrected chi connectivity index (χ3v) is 2.25. The number of ether oxygens (including phenoxy) is 1. The van der Waals surface area contributed by atoms with Gasteiger partial charge in [0.15, 0.2) is 11.6 Å². The highest BCUT2D eigenvalue weighted by molar-refractivity contribution is 5.30. The third-order valence-electron chi connectivity index (χ3n) is 2.25. The molecule has 0 heterocycles. The van der Waals surface area contributed by atoms with E-state index in [1.54, 1.807) is 12.1 Å². The van der Waals surface area contributed by atoms with E-state index < -0.39 is 0 Å². The summed E-state index contributed by atoms with van der Waals surface area (Å²) in [5.41, 5.74) is 1.07. The Bertz CT molecular complexity index is 301. The van der Waals surface area contributed by atoms with Crippen LogP contribution in [-0.4, -0.2) is 20.2 Å². The number of halogens is 1. The Hall–Kier alpha value is -1.09. The molecule has 0 radical (unpaired) electrons. The molecule has 1 rings (SSSR count). The van der Waals surface area contributed by atoms with Gasteiger partial charge in [0.1, 0.15) is 0 Å². The van der Waals surface area contributed by atoms with Crippen molar-refractivity contribution in [3.05, 3.63) is 29.6 Å². The van der Waals surface area contributed by atoms with Crippen LogP contribution < -0.4 is 10.1 Å². The van der Waals surface area contributed by atoms with E-state index in [0.29, 0.717) is 11.8 Å². The number of benzene rings is 1. The first-order valence-corrected chi connectivity index (χ1v) is 4.67. The van der Waals surface area contributed by atoms with E-state index in [9.17, 15) is 4.39 Å². The van der Waals surface area contributed by atoms with E-state index in [1.807, 2.05) is 7.05 Å². The maximum Gasteiger partial charge on any atom is 0.165 e. The van der Waals surface area contributed by atoms with Crippen LogP contribution in [0.3, 0.4) is 0 Å². The van der Waals surface area contributed by atoms with Gasteiger partial charge in [-0.05, 0) is 38.1 Å². The highest BCUT2D eigenvalue weighted by Gasteiger charge is 2.05. The lowest BCUT2D eigenvalue weighted by atomic mass is 10.1. The minimum absolute atomic E-state index is 0.311. The number of hydrogen-bond acceptors (Lipinski definition) is 2. The Labute approximate surface area is 84.1 Å².